The van der Waals surface area contributed by atoms with Crippen LogP contribution in [0.5, 0.6) is 5.75 Å². The summed E-state index contributed by atoms with van der Waals surface area (Å²) in [6.07, 6.45) is 0.644. The molecule has 0 N–H and O–H groups in total. The molecule has 0 bridgehead atoms. The number of benzene rings is 1. The minimum absolute atomic E-state index is 0.270. The Labute approximate surface area is 123 Å². The van der Waals surface area contributed by atoms with E-state index in [2.05, 4.69) is 10.3 Å². The van der Waals surface area contributed by atoms with Gasteiger partial charge in [0.25, 0.3) is 0 Å². The number of nitrogens with zero attached hydrogens (tertiary/aromatic N) is 3. The van der Waals surface area contributed by atoms with Gasteiger partial charge in [-0.1, -0.05) is 29.8 Å². The molecule has 0 radical (unpaired) electrons. The molecule has 1 aromatic carbocycles. The number of carbonyl (C=O) groups is 1. The van der Waals surface area contributed by atoms with E-state index >= 15 is 0 Å². The second kappa shape index (κ2) is 6.39. The van der Waals surface area contributed by atoms with Crippen LogP contribution in [0.15, 0.2) is 18.2 Å². The molecule has 0 aliphatic carbocycles. The largest absolute Gasteiger partial charge is 0.496 e. The summed E-state index contributed by atoms with van der Waals surface area (Å²) in [6, 6.07) is 5.95. The molecule has 6 nitrogen and oxygen atoms in total. The maximum Gasteiger partial charge on any atom is 0.360 e. The highest BCUT2D eigenvalue weighted by atomic mass is 16.5. The first-order chi connectivity index (χ1) is 10.1. The van der Waals surface area contributed by atoms with Gasteiger partial charge in [-0.05, 0) is 19.4 Å². The summed E-state index contributed by atoms with van der Waals surface area (Å²) >= 11 is 0. The highest BCUT2D eigenvalue weighted by Crippen LogP contribution is 2.21. The summed E-state index contributed by atoms with van der Waals surface area (Å²) in [4.78, 5) is 11.7. The Bertz CT molecular complexity index is 650. The predicted octanol–water partition coefficient (Wildman–Crippen LogP) is 1.99. The predicted molar refractivity (Wildman–Crippen MR) is 77.6 cm³/mol. The van der Waals surface area contributed by atoms with Crippen molar-refractivity contribution in [2.45, 2.75) is 26.8 Å². The molecule has 1 aromatic heterocycles. The van der Waals surface area contributed by atoms with E-state index in [-0.39, 0.29) is 5.69 Å². The van der Waals surface area contributed by atoms with E-state index in [0.717, 1.165) is 22.6 Å². The van der Waals surface area contributed by atoms with E-state index < -0.39 is 5.97 Å². The van der Waals surface area contributed by atoms with Gasteiger partial charge in [0.15, 0.2) is 5.69 Å². The molecular formula is C15H19N3O3. The third kappa shape index (κ3) is 3.04. The smallest absolute Gasteiger partial charge is 0.360 e. The fraction of sp³-hybridized carbons (Fsp3) is 0.400. The molecule has 2 rings (SSSR count). The molecular weight excluding hydrogens is 270 g/mol. The Morgan fingerprint density at radius 2 is 2.10 bits per heavy atom. The SMILES string of the molecule is CCc1c(C(=O)OC)nnn1Cc1cc(C)ccc1OC. The van der Waals surface area contributed by atoms with E-state index in [9.17, 15) is 4.79 Å². The number of esters is 1. The maximum absolute atomic E-state index is 11.7. The molecule has 0 fully saturated rings. The molecule has 112 valence electrons. The lowest BCUT2D eigenvalue weighted by Crippen LogP contribution is -2.10. The van der Waals surface area contributed by atoms with Gasteiger partial charge in [-0.25, -0.2) is 9.48 Å². The molecule has 2 aromatic rings. The topological polar surface area (TPSA) is 66.2 Å². The summed E-state index contributed by atoms with van der Waals surface area (Å²) in [5.41, 5.74) is 3.16. The highest BCUT2D eigenvalue weighted by Gasteiger charge is 2.19. The fourth-order valence-electron chi connectivity index (χ4n) is 2.26. The number of hydrogen-bond donors (Lipinski definition) is 0. The lowest BCUT2D eigenvalue weighted by Gasteiger charge is -2.11. The Morgan fingerprint density at radius 1 is 1.33 bits per heavy atom. The standard InChI is InChI=1S/C15H19N3O3/c1-5-12-14(15(19)21-4)16-17-18(12)9-11-8-10(2)6-7-13(11)20-3/h6-8H,5,9H2,1-4H3. The summed E-state index contributed by atoms with van der Waals surface area (Å²) < 4.78 is 11.8. The minimum Gasteiger partial charge on any atom is -0.496 e. The number of aromatic nitrogens is 3. The van der Waals surface area contributed by atoms with Crippen LogP contribution in [-0.4, -0.2) is 35.2 Å². The Morgan fingerprint density at radius 3 is 2.71 bits per heavy atom. The van der Waals surface area contributed by atoms with Crippen LogP contribution in [-0.2, 0) is 17.7 Å². The van der Waals surface area contributed by atoms with Crippen LogP contribution in [0, 0.1) is 6.92 Å². The molecule has 0 atom stereocenters. The molecule has 0 spiro atoms. The second-order valence-electron chi connectivity index (χ2n) is 4.70. The molecule has 1 heterocycles. The fourth-order valence-corrected chi connectivity index (χ4v) is 2.26. The van der Waals surface area contributed by atoms with E-state index in [0.29, 0.717) is 13.0 Å². The van der Waals surface area contributed by atoms with Crippen molar-refractivity contribution in [1.82, 2.24) is 15.0 Å². The minimum atomic E-state index is -0.464. The van der Waals surface area contributed by atoms with Gasteiger partial charge >= 0.3 is 5.97 Å². The van der Waals surface area contributed by atoms with Crippen molar-refractivity contribution in [3.8, 4) is 5.75 Å². The third-order valence-corrected chi connectivity index (χ3v) is 3.31. The average Bonchev–Trinajstić information content (AvgIpc) is 2.89. The summed E-state index contributed by atoms with van der Waals surface area (Å²) in [5, 5.41) is 8.00. The Balaban J connectivity index is 2.38. The Kier molecular flexibility index (Phi) is 4.57. The molecule has 0 saturated carbocycles. The normalized spacial score (nSPS) is 10.5. The first-order valence-electron chi connectivity index (χ1n) is 6.74. The van der Waals surface area contributed by atoms with E-state index in [1.165, 1.54) is 7.11 Å². The van der Waals surface area contributed by atoms with Crippen molar-refractivity contribution in [2.24, 2.45) is 0 Å². The zero-order valence-electron chi connectivity index (χ0n) is 12.7. The van der Waals surface area contributed by atoms with Crippen LogP contribution in [0.2, 0.25) is 0 Å². The summed E-state index contributed by atoms with van der Waals surface area (Å²) in [7, 11) is 2.97. The lowest BCUT2D eigenvalue weighted by atomic mass is 10.1. The van der Waals surface area contributed by atoms with Gasteiger partial charge < -0.3 is 9.47 Å². The van der Waals surface area contributed by atoms with Crippen LogP contribution in [0.25, 0.3) is 0 Å². The van der Waals surface area contributed by atoms with Crippen molar-refractivity contribution >= 4 is 5.97 Å². The van der Waals surface area contributed by atoms with Crippen LogP contribution in [0.3, 0.4) is 0 Å². The van der Waals surface area contributed by atoms with Crippen molar-refractivity contribution < 1.29 is 14.3 Å². The van der Waals surface area contributed by atoms with E-state index in [1.807, 2.05) is 32.0 Å². The number of hydrogen-bond acceptors (Lipinski definition) is 5. The summed E-state index contributed by atoms with van der Waals surface area (Å²) in [5.74, 6) is 0.326. The monoisotopic (exact) mass is 289 g/mol. The molecule has 0 saturated heterocycles. The van der Waals surface area contributed by atoms with Crippen molar-refractivity contribution in [2.75, 3.05) is 14.2 Å². The van der Waals surface area contributed by atoms with Gasteiger partial charge in [-0.3, -0.25) is 0 Å². The third-order valence-electron chi connectivity index (χ3n) is 3.31. The van der Waals surface area contributed by atoms with Gasteiger partial charge in [0, 0.05) is 5.56 Å². The number of rotatable bonds is 5. The second-order valence-corrected chi connectivity index (χ2v) is 4.70. The van der Waals surface area contributed by atoms with Gasteiger partial charge in [0.1, 0.15) is 5.75 Å². The lowest BCUT2D eigenvalue weighted by molar-refractivity contribution is 0.0592. The van der Waals surface area contributed by atoms with Gasteiger partial charge in [0.05, 0.1) is 26.5 Å². The molecule has 0 unspecified atom stereocenters. The maximum atomic E-state index is 11.7. The first-order valence-corrected chi connectivity index (χ1v) is 6.74. The highest BCUT2D eigenvalue weighted by molar-refractivity contribution is 5.88. The van der Waals surface area contributed by atoms with E-state index in [4.69, 9.17) is 9.47 Å². The van der Waals surface area contributed by atoms with Gasteiger partial charge in [-0.2, -0.15) is 0 Å². The van der Waals surface area contributed by atoms with Crippen molar-refractivity contribution in [1.29, 1.82) is 0 Å². The zero-order chi connectivity index (χ0) is 15.4. The van der Waals surface area contributed by atoms with Crippen LogP contribution in [0.4, 0.5) is 0 Å². The summed E-state index contributed by atoms with van der Waals surface area (Å²) in [6.45, 7) is 4.47. The molecule has 21 heavy (non-hydrogen) atoms. The number of ether oxygens (including phenoxy) is 2. The first kappa shape index (κ1) is 15.0. The number of methoxy groups -OCH3 is 2. The molecule has 6 heteroatoms. The van der Waals surface area contributed by atoms with E-state index in [1.54, 1.807) is 11.8 Å². The quantitative estimate of drug-likeness (QED) is 0.788. The van der Waals surface area contributed by atoms with Gasteiger partial charge in [-0.15, -0.1) is 5.10 Å². The van der Waals surface area contributed by atoms with Crippen LogP contribution in [0.1, 0.15) is 34.2 Å². The van der Waals surface area contributed by atoms with Crippen LogP contribution >= 0.6 is 0 Å². The zero-order valence-corrected chi connectivity index (χ0v) is 12.7. The Hall–Kier alpha value is -2.37. The number of carbonyl (C=O) groups excluding carboxylic acids is 1. The van der Waals surface area contributed by atoms with Gasteiger partial charge in [0.2, 0.25) is 0 Å². The molecule has 0 amide bonds. The van der Waals surface area contributed by atoms with Crippen molar-refractivity contribution in [3.63, 3.8) is 0 Å². The van der Waals surface area contributed by atoms with Crippen molar-refractivity contribution in [3.05, 3.63) is 40.7 Å². The molecule has 0 aliphatic heterocycles. The molecule has 0 aliphatic rings. The van der Waals surface area contributed by atoms with Crippen LogP contribution < -0.4 is 4.74 Å². The number of aryl methyl sites for hydroxylation is 1. The average molecular weight is 289 g/mol.